The summed E-state index contributed by atoms with van der Waals surface area (Å²) < 4.78 is 0. The highest BCUT2D eigenvalue weighted by Gasteiger charge is 2.48. The van der Waals surface area contributed by atoms with Gasteiger partial charge in [-0.25, -0.2) is 4.98 Å². The zero-order chi connectivity index (χ0) is 21.6. The van der Waals surface area contributed by atoms with E-state index in [1.54, 1.807) is 12.4 Å². The standard InChI is InChI=1S/C26H29N3O2/c1-3-26(31)10-4-6-19-15-29(16-22(19)26)25(30)21-13-24(18-7-5-11-27-14-18)28-23-9-8-17(2)12-20(21)23/h5,7-9,11-14,19,22,31H,3-4,6,10,15-16H2,1-2H3/t19-,22+,26-/m1/s1. The summed E-state index contributed by atoms with van der Waals surface area (Å²) in [5, 5.41) is 12.1. The summed E-state index contributed by atoms with van der Waals surface area (Å²) in [7, 11) is 0. The summed E-state index contributed by atoms with van der Waals surface area (Å²) >= 11 is 0. The number of hydrogen-bond acceptors (Lipinski definition) is 4. The molecule has 2 aromatic heterocycles. The van der Waals surface area contributed by atoms with E-state index in [1.807, 2.05) is 48.2 Å². The van der Waals surface area contributed by atoms with E-state index in [1.165, 1.54) is 0 Å². The fourth-order valence-corrected chi connectivity index (χ4v) is 5.58. The van der Waals surface area contributed by atoms with E-state index < -0.39 is 5.60 Å². The van der Waals surface area contributed by atoms with Gasteiger partial charge in [0, 0.05) is 42.4 Å². The van der Waals surface area contributed by atoms with Crippen LogP contribution >= 0.6 is 0 Å². The average Bonchev–Trinajstić information content (AvgIpc) is 3.25. The molecule has 1 saturated carbocycles. The van der Waals surface area contributed by atoms with Crippen LogP contribution in [-0.4, -0.2) is 44.6 Å². The number of hydrogen-bond donors (Lipinski definition) is 1. The Balaban J connectivity index is 1.56. The Labute approximate surface area is 183 Å². The molecule has 3 heterocycles. The van der Waals surface area contributed by atoms with Crippen molar-refractivity contribution in [3.05, 3.63) is 59.9 Å². The number of likely N-dealkylation sites (tertiary alicyclic amines) is 1. The Morgan fingerprint density at radius 2 is 2.13 bits per heavy atom. The first kappa shape index (κ1) is 20.1. The molecule has 2 fully saturated rings. The Morgan fingerprint density at radius 1 is 1.26 bits per heavy atom. The van der Waals surface area contributed by atoms with Gasteiger partial charge in [-0.2, -0.15) is 0 Å². The van der Waals surface area contributed by atoms with Crippen molar-refractivity contribution in [3.8, 4) is 11.3 Å². The van der Waals surface area contributed by atoms with Gasteiger partial charge in [-0.3, -0.25) is 9.78 Å². The van der Waals surface area contributed by atoms with Crippen molar-refractivity contribution in [2.24, 2.45) is 11.8 Å². The second-order valence-corrected chi connectivity index (χ2v) is 9.24. The number of carbonyl (C=O) groups excluding carboxylic acids is 1. The molecule has 0 bridgehead atoms. The Hall–Kier alpha value is -2.79. The average molecular weight is 416 g/mol. The quantitative estimate of drug-likeness (QED) is 0.678. The van der Waals surface area contributed by atoms with E-state index in [4.69, 9.17) is 4.98 Å². The van der Waals surface area contributed by atoms with Gasteiger partial charge in [0.1, 0.15) is 0 Å². The predicted molar refractivity (Wildman–Crippen MR) is 122 cm³/mol. The van der Waals surface area contributed by atoms with Gasteiger partial charge in [-0.15, -0.1) is 0 Å². The van der Waals surface area contributed by atoms with E-state index in [9.17, 15) is 9.90 Å². The van der Waals surface area contributed by atoms with Crippen LogP contribution in [0.2, 0.25) is 0 Å². The summed E-state index contributed by atoms with van der Waals surface area (Å²) in [5.74, 6) is 0.592. The number of carbonyl (C=O) groups is 1. The van der Waals surface area contributed by atoms with Gasteiger partial charge in [0.2, 0.25) is 0 Å². The van der Waals surface area contributed by atoms with Crippen LogP contribution < -0.4 is 0 Å². The second-order valence-electron chi connectivity index (χ2n) is 9.24. The zero-order valence-corrected chi connectivity index (χ0v) is 18.2. The lowest BCUT2D eigenvalue weighted by atomic mass is 9.69. The first-order valence-electron chi connectivity index (χ1n) is 11.3. The van der Waals surface area contributed by atoms with Gasteiger partial charge in [0.25, 0.3) is 5.91 Å². The monoisotopic (exact) mass is 415 g/mol. The maximum atomic E-state index is 13.8. The molecule has 5 heteroatoms. The predicted octanol–water partition coefficient (Wildman–Crippen LogP) is 4.62. The van der Waals surface area contributed by atoms with Gasteiger partial charge in [0.05, 0.1) is 22.4 Å². The molecule has 1 aromatic carbocycles. The van der Waals surface area contributed by atoms with Crippen LogP contribution in [0.25, 0.3) is 22.2 Å². The maximum Gasteiger partial charge on any atom is 0.254 e. The summed E-state index contributed by atoms with van der Waals surface area (Å²) in [6.45, 7) is 5.45. The topological polar surface area (TPSA) is 66.3 Å². The van der Waals surface area contributed by atoms with Crippen molar-refractivity contribution in [3.63, 3.8) is 0 Å². The summed E-state index contributed by atoms with van der Waals surface area (Å²) in [4.78, 5) is 24.8. The molecule has 1 N–H and O–H groups in total. The van der Waals surface area contributed by atoms with Crippen molar-refractivity contribution in [2.45, 2.75) is 45.1 Å². The highest BCUT2D eigenvalue weighted by atomic mass is 16.3. The number of aryl methyl sites for hydroxylation is 1. The van der Waals surface area contributed by atoms with E-state index >= 15 is 0 Å². The molecular formula is C26H29N3O2. The molecular weight excluding hydrogens is 386 g/mol. The number of rotatable bonds is 3. The number of aliphatic hydroxyl groups is 1. The number of fused-ring (bicyclic) bond motifs is 2. The Kier molecular flexibility index (Phi) is 5.01. The Bertz CT molecular complexity index is 1130. The third-order valence-corrected chi connectivity index (χ3v) is 7.37. The summed E-state index contributed by atoms with van der Waals surface area (Å²) in [6.07, 6.45) is 7.24. The van der Waals surface area contributed by atoms with Gasteiger partial charge in [-0.1, -0.05) is 25.0 Å². The molecule has 2 aliphatic rings. The molecule has 160 valence electrons. The van der Waals surface area contributed by atoms with Crippen molar-refractivity contribution >= 4 is 16.8 Å². The van der Waals surface area contributed by atoms with Crippen LogP contribution in [0.4, 0.5) is 0 Å². The van der Waals surface area contributed by atoms with Crippen LogP contribution in [0.3, 0.4) is 0 Å². The van der Waals surface area contributed by atoms with Crippen LogP contribution in [0.5, 0.6) is 0 Å². The zero-order valence-electron chi connectivity index (χ0n) is 18.2. The smallest absolute Gasteiger partial charge is 0.254 e. The lowest BCUT2D eigenvalue weighted by Crippen LogP contribution is -2.44. The molecule has 0 spiro atoms. The number of nitrogens with zero attached hydrogens (tertiary/aromatic N) is 3. The number of aromatic nitrogens is 2. The van der Waals surface area contributed by atoms with Crippen molar-refractivity contribution in [2.75, 3.05) is 13.1 Å². The minimum absolute atomic E-state index is 0.0380. The fourth-order valence-electron chi connectivity index (χ4n) is 5.58. The molecule has 31 heavy (non-hydrogen) atoms. The number of amides is 1. The normalized spacial score (nSPS) is 25.6. The molecule has 1 aliphatic carbocycles. The van der Waals surface area contributed by atoms with Gasteiger partial charge < -0.3 is 10.0 Å². The van der Waals surface area contributed by atoms with Gasteiger partial charge in [0.15, 0.2) is 0 Å². The van der Waals surface area contributed by atoms with Crippen molar-refractivity contribution < 1.29 is 9.90 Å². The van der Waals surface area contributed by atoms with Crippen molar-refractivity contribution in [1.82, 2.24) is 14.9 Å². The molecule has 1 saturated heterocycles. The molecule has 3 aromatic rings. The molecule has 5 nitrogen and oxygen atoms in total. The maximum absolute atomic E-state index is 13.8. The lowest BCUT2D eigenvalue weighted by molar-refractivity contribution is -0.0609. The van der Waals surface area contributed by atoms with Crippen LogP contribution in [-0.2, 0) is 0 Å². The highest BCUT2D eigenvalue weighted by molar-refractivity contribution is 6.07. The highest BCUT2D eigenvalue weighted by Crippen LogP contribution is 2.44. The summed E-state index contributed by atoms with van der Waals surface area (Å²) in [6, 6.07) is 11.8. The number of benzene rings is 1. The third kappa shape index (κ3) is 3.51. The van der Waals surface area contributed by atoms with E-state index in [2.05, 4.69) is 11.9 Å². The first-order chi connectivity index (χ1) is 15.0. The largest absolute Gasteiger partial charge is 0.390 e. The molecule has 1 aliphatic heterocycles. The lowest BCUT2D eigenvalue weighted by Gasteiger charge is -2.40. The molecule has 0 unspecified atom stereocenters. The van der Waals surface area contributed by atoms with Crippen molar-refractivity contribution in [1.29, 1.82) is 0 Å². The molecule has 0 radical (unpaired) electrons. The van der Waals surface area contributed by atoms with Gasteiger partial charge in [-0.05, 0) is 62.4 Å². The molecule has 1 amide bonds. The summed E-state index contributed by atoms with van der Waals surface area (Å²) in [5.41, 5.74) is 3.62. The Morgan fingerprint density at radius 3 is 2.90 bits per heavy atom. The van der Waals surface area contributed by atoms with Crippen LogP contribution in [0.15, 0.2) is 48.8 Å². The third-order valence-electron chi connectivity index (χ3n) is 7.37. The second kappa shape index (κ2) is 7.72. The molecule has 5 rings (SSSR count). The van der Waals surface area contributed by atoms with E-state index in [0.717, 1.165) is 60.0 Å². The van der Waals surface area contributed by atoms with Crippen LogP contribution in [0.1, 0.15) is 48.5 Å². The van der Waals surface area contributed by atoms with E-state index in [0.29, 0.717) is 18.0 Å². The number of pyridine rings is 2. The SMILES string of the molecule is CC[C@@]1(O)CCC[C@@H]2CN(C(=O)c3cc(-c4cccnc4)nc4ccc(C)cc34)C[C@@H]21. The van der Waals surface area contributed by atoms with E-state index in [-0.39, 0.29) is 11.8 Å². The minimum Gasteiger partial charge on any atom is -0.390 e. The van der Waals surface area contributed by atoms with Crippen LogP contribution in [0, 0.1) is 18.8 Å². The minimum atomic E-state index is -0.643. The first-order valence-corrected chi connectivity index (χ1v) is 11.3. The fraction of sp³-hybridized carbons (Fsp3) is 0.423. The van der Waals surface area contributed by atoms with Gasteiger partial charge >= 0.3 is 0 Å². The molecule has 3 atom stereocenters.